The minimum atomic E-state index is -0.0885. The van der Waals surface area contributed by atoms with Gasteiger partial charge in [-0.3, -0.25) is 4.57 Å². The summed E-state index contributed by atoms with van der Waals surface area (Å²) in [5.74, 6) is 0.822. The van der Waals surface area contributed by atoms with Gasteiger partial charge in [-0.15, -0.1) is 12.6 Å². The van der Waals surface area contributed by atoms with Crippen molar-refractivity contribution in [2.45, 2.75) is 30.6 Å². The van der Waals surface area contributed by atoms with Gasteiger partial charge in [0.2, 0.25) is 0 Å². The number of hydrogen-bond donors (Lipinski definition) is 3. The number of nitrogens with one attached hydrogen (secondary N) is 1. The molecule has 0 aliphatic carbocycles. The molecule has 0 amide bonds. The first-order chi connectivity index (χ1) is 12.7. The number of ether oxygens (including phenoxy) is 2. The third kappa shape index (κ3) is 3.04. The van der Waals surface area contributed by atoms with Crippen molar-refractivity contribution in [3.63, 3.8) is 0 Å². The zero-order valence-electron chi connectivity index (χ0n) is 14.2. The molecule has 1 fully saturated rings. The maximum Gasteiger partial charge on any atom is 0.188 e. The Morgan fingerprint density at radius 1 is 1.35 bits per heavy atom. The number of benzene rings is 1. The molecule has 26 heavy (non-hydrogen) atoms. The van der Waals surface area contributed by atoms with E-state index in [1.807, 2.05) is 4.57 Å². The van der Waals surface area contributed by atoms with Gasteiger partial charge in [0.05, 0.1) is 19.1 Å². The van der Waals surface area contributed by atoms with Crippen LogP contribution >= 0.6 is 12.6 Å². The second-order valence-electron chi connectivity index (χ2n) is 6.00. The Hall–Kier alpha value is -2.52. The Morgan fingerprint density at radius 3 is 3.00 bits per heavy atom. The molecule has 0 saturated carbocycles. The summed E-state index contributed by atoms with van der Waals surface area (Å²) in [6.45, 7) is 0.728. The molecular formula is C17H19N5O3S. The monoisotopic (exact) mass is 373 g/mol. The predicted octanol–water partition coefficient (Wildman–Crippen LogP) is 3.27. The highest BCUT2D eigenvalue weighted by Crippen LogP contribution is 2.36. The summed E-state index contributed by atoms with van der Waals surface area (Å²) in [4.78, 5) is 13.2. The SMILES string of the molecule is COc1cccc(Nc2nc(S)nc3c2ncn3C2CCCCO2)c1O. The van der Waals surface area contributed by atoms with Crippen molar-refractivity contribution in [1.82, 2.24) is 19.5 Å². The zero-order valence-corrected chi connectivity index (χ0v) is 15.1. The van der Waals surface area contributed by atoms with Crippen LogP contribution in [0.1, 0.15) is 25.5 Å². The van der Waals surface area contributed by atoms with Crippen LogP contribution in [-0.2, 0) is 4.74 Å². The lowest BCUT2D eigenvalue weighted by Gasteiger charge is -2.23. The normalized spacial score (nSPS) is 17.4. The van der Waals surface area contributed by atoms with E-state index in [0.717, 1.165) is 25.9 Å². The van der Waals surface area contributed by atoms with Crippen molar-refractivity contribution in [3.8, 4) is 11.5 Å². The number of nitrogens with zero attached hydrogens (tertiary/aromatic N) is 4. The molecule has 1 atom stereocenters. The molecule has 2 N–H and O–H groups in total. The van der Waals surface area contributed by atoms with Crippen molar-refractivity contribution < 1.29 is 14.6 Å². The average Bonchev–Trinajstić information content (AvgIpc) is 3.08. The minimum Gasteiger partial charge on any atom is -0.503 e. The van der Waals surface area contributed by atoms with E-state index in [1.165, 1.54) is 7.11 Å². The van der Waals surface area contributed by atoms with Crippen LogP contribution in [0.3, 0.4) is 0 Å². The van der Waals surface area contributed by atoms with Gasteiger partial charge < -0.3 is 19.9 Å². The minimum absolute atomic E-state index is 0.00229. The highest BCUT2D eigenvalue weighted by atomic mass is 32.1. The highest BCUT2D eigenvalue weighted by molar-refractivity contribution is 7.80. The Bertz CT molecular complexity index is 940. The van der Waals surface area contributed by atoms with Crippen LogP contribution in [0.5, 0.6) is 11.5 Å². The lowest BCUT2D eigenvalue weighted by molar-refractivity contribution is -0.0298. The maximum atomic E-state index is 10.3. The molecule has 3 aromatic rings. The highest BCUT2D eigenvalue weighted by Gasteiger charge is 2.21. The number of anilines is 2. The average molecular weight is 373 g/mol. The van der Waals surface area contributed by atoms with E-state index >= 15 is 0 Å². The first-order valence-electron chi connectivity index (χ1n) is 8.35. The van der Waals surface area contributed by atoms with E-state index in [4.69, 9.17) is 9.47 Å². The van der Waals surface area contributed by atoms with Crippen LogP contribution in [0.15, 0.2) is 29.7 Å². The summed E-state index contributed by atoms with van der Waals surface area (Å²) in [7, 11) is 1.50. The first-order valence-corrected chi connectivity index (χ1v) is 8.80. The summed E-state index contributed by atoms with van der Waals surface area (Å²) in [5, 5.41) is 13.7. The van der Waals surface area contributed by atoms with Gasteiger partial charge in [-0.2, -0.15) is 0 Å². The molecular weight excluding hydrogens is 354 g/mol. The molecule has 0 radical (unpaired) electrons. The van der Waals surface area contributed by atoms with Gasteiger partial charge in [-0.05, 0) is 31.4 Å². The number of rotatable bonds is 4. The summed E-state index contributed by atoms with van der Waals surface area (Å²) in [6.07, 6.45) is 4.70. The van der Waals surface area contributed by atoms with Crippen molar-refractivity contribution in [2.24, 2.45) is 0 Å². The Balaban J connectivity index is 1.75. The summed E-state index contributed by atoms with van der Waals surface area (Å²) >= 11 is 4.32. The first kappa shape index (κ1) is 16.9. The topological polar surface area (TPSA) is 94.3 Å². The van der Waals surface area contributed by atoms with Gasteiger partial charge in [0.15, 0.2) is 33.6 Å². The maximum absolute atomic E-state index is 10.3. The molecule has 0 bridgehead atoms. The smallest absolute Gasteiger partial charge is 0.188 e. The van der Waals surface area contributed by atoms with Crippen LogP contribution in [0.4, 0.5) is 11.5 Å². The number of para-hydroxylation sites is 1. The van der Waals surface area contributed by atoms with Gasteiger partial charge >= 0.3 is 0 Å². The number of phenols is 1. The van der Waals surface area contributed by atoms with E-state index in [2.05, 4.69) is 32.9 Å². The van der Waals surface area contributed by atoms with Crippen LogP contribution in [0, 0.1) is 0 Å². The Kier molecular flexibility index (Phi) is 4.56. The second-order valence-corrected chi connectivity index (χ2v) is 6.40. The lowest BCUT2D eigenvalue weighted by atomic mass is 10.2. The summed E-state index contributed by atoms with van der Waals surface area (Å²) in [5.41, 5.74) is 1.68. The van der Waals surface area contributed by atoms with Crippen LogP contribution in [0.25, 0.3) is 11.2 Å². The molecule has 1 saturated heterocycles. The van der Waals surface area contributed by atoms with Crippen LogP contribution in [0.2, 0.25) is 0 Å². The van der Waals surface area contributed by atoms with Gasteiger partial charge in [0, 0.05) is 6.61 Å². The van der Waals surface area contributed by atoms with E-state index < -0.39 is 0 Å². The number of aromatic nitrogens is 4. The molecule has 0 spiro atoms. The third-order valence-corrected chi connectivity index (χ3v) is 4.55. The second kappa shape index (κ2) is 7.00. The number of hydrogen-bond acceptors (Lipinski definition) is 8. The molecule has 3 heterocycles. The molecule has 1 aliphatic rings. The van der Waals surface area contributed by atoms with E-state index in [9.17, 15) is 5.11 Å². The number of methoxy groups -OCH3 is 1. The molecule has 1 aromatic carbocycles. The fourth-order valence-corrected chi connectivity index (χ4v) is 3.26. The number of fused-ring (bicyclic) bond motifs is 1. The van der Waals surface area contributed by atoms with Crippen molar-refractivity contribution in [1.29, 1.82) is 0 Å². The number of thiol groups is 1. The van der Waals surface area contributed by atoms with Crippen molar-refractivity contribution in [2.75, 3.05) is 19.0 Å². The quantitative estimate of drug-likeness (QED) is 0.367. The van der Waals surface area contributed by atoms with Gasteiger partial charge in [0.25, 0.3) is 0 Å². The summed E-state index contributed by atoms with van der Waals surface area (Å²) in [6, 6.07) is 5.18. The van der Waals surface area contributed by atoms with E-state index in [1.54, 1.807) is 24.5 Å². The van der Waals surface area contributed by atoms with E-state index in [-0.39, 0.29) is 12.0 Å². The lowest BCUT2D eigenvalue weighted by Crippen LogP contribution is -2.17. The molecule has 2 aromatic heterocycles. The van der Waals surface area contributed by atoms with Gasteiger partial charge in [0.1, 0.15) is 6.23 Å². The largest absolute Gasteiger partial charge is 0.503 e. The van der Waals surface area contributed by atoms with Crippen LogP contribution in [-0.4, -0.2) is 38.3 Å². The Morgan fingerprint density at radius 2 is 2.23 bits per heavy atom. The molecule has 9 heteroatoms. The number of aromatic hydroxyl groups is 1. The van der Waals surface area contributed by atoms with Gasteiger partial charge in [-0.25, -0.2) is 15.0 Å². The molecule has 8 nitrogen and oxygen atoms in total. The summed E-state index contributed by atoms with van der Waals surface area (Å²) < 4.78 is 12.9. The van der Waals surface area contributed by atoms with Crippen molar-refractivity contribution >= 4 is 35.3 Å². The fraction of sp³-hybridized carbons (Fsp3) is 0.353. The molecule has 1 aliphatic heterocycles. The fourth-order valence-electron chi connectivity index (χ4n) is 3.06. The number of imidazole rings is 1. The third-order valence-electron chi connectivity index (χ3n) is 4.35. The molecule has 4 rings (SSSR count). The zero-order chi connectivity index (χ0) is 18.1. The predicted molar refractivity (Wildman–Crippen MR) is 99.4 cm³/mol. The standard InChI is InChI=1S/C17H19N5O3S/c1-24-11-6-4-5-10(14(11)23)19-15-13-16(21-17(26)20-15)22(9-18-13)12-7-2-3-8-25-12/h4-6,9,12,23H,2-3,7-8H2,1H3,(H2,19,20,21,26). The molecule has 136 valence electrons. The van der Waals surface area contributed by atoms with Crippen molar-refractivity contribution in [3.05, 3.63) is 24.5 Å². The van der Waals surface area contributed by atoms with Gasteiger partial charge in [-0.1, -0.05) is 6.07 Å². The molecule has 1 unspecified atom stereocenters. The number of phenolic OH excluding ortho intramolecular Hbond substituents is 1. The Labute approximate surface area is 155 Å². The van der Waals surface area contributed by atoms with Crippen LogP contribution < -0.4 is 10.1 Å². The van der Waals surface area contributed by atoms with E-state index in [0.29, 0.717) is 33.6 Å².